The number of nitrogen functional groups attached to an aromatic ring is 1. The van der Waals surface area contributed by atoms with Gasteiger partial charge in [0.25, 0.3) is 0 Å². The van der Waals surface area contributed by atoms with Crippen LogP contribution in [-0.4, -0.2) is 18.6 Å². The Balaban J connectivity index is 2.57. The summed E-state index contributed by atoms with van der Waals surface area (Å²) in [5.41, 5.74) is 8.27. The van der Waals surface area contributed by atoms with Gasteiger partial charge in [-0.25, -0.2) is 0 Å². The zero-order chi connectivity index (χ0) is 12.3. The van der Waals surface area contributed by atoms with Crippen LogP contribution in [0.15, 0.2) is 24.4 Å². The highest BCUT2D eigenvalue weighted by Crippen LogP contribution is 2.32. The van der Waals surface area contributed by atoms with E-state index in [9.17, 15) is 0 Å². The minimum absolute atomic E-state index is 0.646. The number of fused-ring (bicyclic) bond motifs is 1. The van der Waals surface area contributed by atoms with E-state index in [4.69, 9.17) is 10.5 Å². The number of nitrogens with two attached hydrogens (primary N) is 1. The van der Waals surface area contributed by atoms with E-state index in [1.807, 2.05) is 25.2 Å². The van der Waals surface area contributed by atoms with Crippen molar-refractivity contribution in [2.45, 2.75) is 13.3 Å². The highest BCUT2D eigenvalue weighted by Gasteiger charge is 2.09. The van der Waals surface area contributed by atoms with Crippen LogP contribution in [0, 0.1) is 0 Å². The molecule has 1 heterocycles. The number of nitrogens with zero attached hydrogens (tertiary/aromatic N) is 1. The summed E-state index contributed by atoms with van der Waals surface area (Å²) >= 11 is 0. The van der Waals surface area contributed by atoms with Gasteiger partial charge < -0.3 is 15.8 Å². The van der Waals surface area contributed by atoms with Crippen molar-refractivity contribution >= 4 is 22.3 Å². The lowest BCUT2D eigenvalue weighted by molar-refractivity contribution is 0.320. The molecule has 4 heteroatoms. The fourth-order valence-electron chi connectivity index (χ4n) is 1.82. The van der Waals surface area contributed by atoms with E-state index in [1.165, 1.54) is 0 Å². The van der Waals surface area contributed by atoms with Crippen molar-refractivity contribution in [2.24, 2.45) is 0 Å². The highest BCUT2D eigenvalue weighted by molar-refractivity contribution is 5.99. The van der Waals surface area contributed by atoms with E-state index in [2.05, 4.69) is 17.2 Å². The van der Waals surface area contributed by atoms with Crippen LogP contribution in [-0.2, 0) is 0 Å². The number of rotatable bonds is 4. The molecule has 90 valence electrons. The second-order valence-corrected chi connectivity index (χ2v) is 3.84. The highest BCUT2D eigenvalue weighted by atomic mass is 16.5. The van der Waals surface area contributed by atoms with Crippen molar-refractivity contribution in [1.29, 1.82) is 0 Å². The lowest BCUT2D eigenvalue weighted by Crippen LogP contribution is -2.00. The zero-order valence-electron chi connectivity index (χ0n) is 10.2. The molecular weight excluding hydrogens is 214 g/mol. The van der Waals surface area contributed by atoms with Gasteiger partial charge in [0.15, 0.2) is 0 Å². The number of benzene rings is 1. The van der Waals surface area contributed by atoms with Crippen LogP contribution in [0.2, 0.25) is 0 Å². The first-order valence-corrected chi connectivity index (χ1v) is 5.75. The van der Waals surface area contributed by atoms with Crippen LogP contribution in [0.25, 0.3) is 10.9 Å². The van der Waals surface area contributed by atoms with Crippen molar-refractivity contribution in [1.82, 2.24) is 4.98 Å². The summed E-state index contributed by atoms with van der Waals surface area (Å²) in [5, 5.41) is 4.09. The number of hydrogen-bond acceptors (Lipinski definition) is 4. The number of nitrogens with one attached hydrogen (secondary N) is 1. The van der Waals surface area contributed by atoms with E-state index in [0.717, 1.165) is 28.8 Å². The van der Waals surface area contributed by atoms with Gasteiger partial charge in [0, 0.05) is 12.4 Å². The maximum absolute atomic E-state index is 5.88. The van der Waals surface area contributed by atoms with Crippen molar-refractivity contribution in [2.75, 3.05) is 24.7 Å². The molecule has 3 N–H and O–H groups in total. The zero-order valence-corrected chi connectivity index (χ0v) is 10.2. The molecule has 0 fully saturated rings. The third kappa shape index (κ3) is 2.11. The van der Waals surface area contributed by atoms with E-state index >= 15 is 0 Å². The molecule has 0 aliphatic rings. The van der Waals surface area contributed by atoms with Crippen LogP contribution >= 0.6 is 0 Å². The van der Waals surface area contributed by atoms with Crippen LogP contribution in [0.5, 0.6) is 5.75 Å². The van der Waals surface area contributed by atoms with Crippen LogP contribution < -0.4 is 15.8 Å². The lowest BCUT2D eigenvalue weighted by Gasteiger charge is -2.12. The smallest absolute Gasteiger partial charge is 0.145 e. The molecule has 0 saturated heterocycles. The molecule has 0 aliphatic carbocycles. The summed E-state index contributed by atoms with van der Waals surface area (Å²) < 4.78 is 5.68. The SMILES string of the molecule is CCCOc1cccc2c(NC)c(N)cnc12. The molecule has 0 saturated carbocycles. The standard InChI is InChI=1S/C13H17N3O/c1-3-7-17-11-6-4-5-9-12(15-2)10(14)8-16-13(9)11/h4-6,8H,3,7,14H2,1-2H3,(H,15,16). The molecule has 0 unspecified atom stereocenters. The molecule has 0 atom stereocenters. The van der Waals surface area contributed by atoms with Gasteiger partial charge in [-0.3, -0.25) is 4.98 Å². The predicted molar refractivity (Wildman–Crippen MR) is 71.5 cm³/mol. The molecule has 0 radical (unpaired) electrons. The van der Waals surface area contributed by atoms with Crippen molar-refractivity contribution in [3.63, 3.8) is 0 Å². The maximum atomic E-state index is 5.88. The topological polar surface area (TPSA) is 60.2 Å². The summed E-state index contributed by atoms with van der Waals surface area (Å²) in [5.74, 6) is 0.806. The lowest BCUT2D eigenvalue weighted by atomic mass is 10.1. The molecule has 0 amide bonds. The fourth-order valence-corrected chi connectivity index (χ4v) is 1.82. The van der Waals surface area contributed by atoms with Gasteiger partial charge in [0.2, 0.25) is 0 Å². The monoisotopic (exact) mass is 231 g/mol. The van der Waals surface area contributed by atoms with Gasteiger partial charge in [-0.05, 0) is 12.5 Å². The molecule has 0 spiro atoms. The normalized spacial score (nSPS) is 10.5. The number of ether oxygens (including phenoxy) is 1. The van der Waals surface area contributed by atoms with Crippen LogP contribution in [0.4, 0.5) is 11.4 Å². The largest absolute Gasteiger partial charge is 0.491 e. The molecule has 4 nitrogen and oxygen atoms in total. The van der Waals surface area contributed by atoms with Gasteiger partial charge in [-0.2, -0.15) is 0 Å². The number of pyridine rings is 1. The van der Waals surface area contributed by atoms with Crippen LogP contribution in [0.1, 0.15) is 13.3 Å². The minimum atomic E-state index is 0.646. The molecular formula is C13H17N3O. The first-order chi connectivity index (χ1) is 8.27. The summed E-state index contributed by atoms with van der Waals surface area (Å²) in [6, 6.07) is 5.87. The number of aromatic nitrogens is 1. The van der Waals surface area contributed by atoms with Crippen LogP contribution in [0.3, 0.4) is 0 Å². The molecule has 2 rings (SSSR count). The van der Waals surface area contributed by atoms with Gasteiger partial charge in [-0.1, -0.05) is 19.1 Å². The van der Waals surface area contributed by atoms with Crippen molar-refractivity contribution < 1.29 is 4.74 Å². The Morgan fingerprint density at radius 1 is 1.41 bits per heavy atom. The Kier molecular flexibility index (Phi) is 3.32. The second-order valence-electron chi connectivity index (χ2n) is 3.84. The molecule has 1 aromatic carbocycles. The predicted octanol–water partition coefficient (Wildman–Crippen LogP) is 2.65. The van der Waals surface area contributed by atoms with E-state index in [1.54, 1.807) is 6.20 Å². The summed E-state index contributed by atoms with van der Waals surface area (Å²) in [4.78, 5) is 4.35. The number of hydrogen-bond donors (Lipinski definition) is 2. The Morgan fingerprint density at radius 2 is 2.24 bits per heavy atom. The Hall–Kier alpha value is -1.97. The van der Waals surface area contributed by atoms with Gasteiger partial charge in [-0.15, -0.1) is 0 Å². The third-order valence-electron chi connectivity index (χ3n) is 2.60. The molecule has 17 heavy (non-hydrogen) atoms. The van der Waals surface area contributed by atoms with Gasteiger partial charge >= 0.3 is 0 Å². The molecule has 2 aromatic rings. The molecule has 0 bridgehead atoms. The Bertz CT molecular complexity index is 525. The number of para-hydroxylation sites is 1. The summed E-state index contributed by atoms with van der Waals surface area (Å²) in [6.07, 6.45) is 2.64. The molecule has 0 aliphatic heterocycles. The van der Waals surface area contributed by atoms with Crippen molar-refractivity contribution in [3.8, 4) is 5.75 Å². The van der Waals surface area contributed by atoms with E-state index in [0.29, 0.717) is 12.3 Å². The van der Waals surface area contributed by atoms with E-state index in [-0.39, 0.29) is 0 Å². The van der Waals surface area contributed by atoms with Gasteiger partial charge in [0.1, 0.15) is 11.3 Å². The molecule has 1 aromatic heterocycles. The quantitative estimate of drug-likeness (QED) is 0.849. The average molecular weight is 231 g/mol. The van der Waals surface area contributed by atoms with Crippen molar-refractivity contribution in [3.05, 3.63) is 24.4 Å². The fraction of sp³-hybridized carbons (Fsp3) is 0.308. The minimum Gasteiger partial charge on any atom is -0.491 e. The Morgan fingerprint density at radius 3 is 2.94 bits per heavy atom. The first kappa shape index (κ1) is 11.5. The van der Waals surface area contributed by atoms with E-state index < -0.39 is 0 Å². The maximum Gasteiger partial charge on any atom is 0.145 e. The third-order valence-corrected chi connectivity index (χ3v) is 2.60. The first-order valence-electron chi connectivity index (χ1n) is 5.75. The number of anilines is 2. The summed E-state index contributed by atoms with van der Waals surface area (Å²) in [6.45, 7) is 2.77. The second kappa shape index (κ2) is 4.91. The average Bonchev–Trinajstić information content (AvgIpc) is 2.36. The van der Waals surface area contributed by atoms with Gasteiger partial charge in [0.05, 0.1) is 24.2 Å². The summed E-state index contributed by atoms with van der Waals surface area (Å²) in [7, 11) is 1.85. The Labute approximate surface area is 101 Å².